The topological polar surface area (TPSA) is 36.3 Å². The lowest BCUT2D eigenvalue weighted by Crippen LogP contribution is -2.41. The van der Waals surface area contributed by atoms with E-state index in [4.69, 9.17) is 9.31 Å². The SMILES string of the molecule is CC1(C)OB(c2c(-c3ccc(F)cc3)cccc2-n2ccc(C(F)(F)F)n2)OC1(C)C. The normalized spacial score (nSPS) is 17.9. The van der Waals surface area contributed by atoms with Gasteiger partial charge in [-0.2, -0.15) is 18.3 Å². The second-order valence-electron chi connectivity index (χ2n) is 8.48. The van der Waals surface area contributed by atoms with Gasteiger partial charge in [0.1, 0.15) is 5.82 Å². The molecule has 31 heavy (non-hydrogen) atoms. The van der Waals surface area contributed by atoms with Gasteiger partial charge in [0, 0.05) is 11.7 Å². The van der Waals surface area contributed by atoms with E-state index < -0.39 is 30.2 Å². The fourth-order valence-corrected chi connectivity index (χ4v) is 3.45. The molecule has 0 amide bonds. The van der Waals surface area contributed by atoms with Crippen LogP contribution in [0.2, 0.25) is 0 Å². The Morgan fingerprint density at radius 3 is 2.06 bits per heavy atom. The number of hydrogen-bond donors (Lipinski definition) is 0. The molecule has 1 aliphatic heterocycles. The van der Waals surface area contributed by atoms with E-state index in [2.05, 4.69) is 5.10 Å². The first kappa shape index (κ1) is 21.6. The van der Waals surface area contributed by atoms with Crippen LogP contribution in [0.15, 0.2) is 54.7 Å². The van der Waals surface area contributed by atoms with Crippen molar-refractivity contribution in [2.45, 2.75) is 45.1 Å². The third-order valence-electron chi connectivity index (χ3n) is 5.85. The fourth-order valence-electron chi connectivity index (χ4n) is 3.45. The van der Waals surface area contributed by atoms with Crippen LogP contribution in [0, 0.1) is 5.82 Å². The van der Waals surface area contributed by atoms with Crippen molar-refractivity contribution in [2.24, 2.45) is 0 Å². The standard InChI is InChI=1S/C22H21BF4N2O2/c1-20(2)21(3,4)31-23(30-20)19-16(14-8-10-15(24)11-9-14)6-5-7-17(19)29-13-12-18(28-29)22(25,26)27/h5-13H,1-4H3. The Morgan fingerprint density at radius 2 is 1.52 bits per heavy atom. The largest absolute Gasteiger partial charge is 0.497 e. The summed E-state index contributed by atoms with van der Waals surface area (Å²) in [5.74, 6) is -0.390. The van der Waals surface area contributed by atoms with Gasteiger partial charge in [-0.05, 0) is 63.1 Å². The second-order valence-corrected chi connectivity index (χ2v) is 8.48. The summed E-state index contributed by atoms with van der Waals surface area (Å²) in [6.45, 7) is 7.57. The summed E-state index contributed by atoms with van der Waals surface area (Å²) in [4.78, 5) is 0. The summed E-state index contributed by atoms with van der Waals surface area (Å²) >= 11 is 0. The van der Waals surface area contributed by atoms with Gasteiger partial charge in [-0.15, -0.1) is 0 Å². The molecule has 1 aliphatic rings. The number of nitrogens with zero attached hydrogens (tertiary/aromatic N) is 2. The van der Waals surface area contributed by atoms with Crippen molar-refractivity contribution < 1.29 is 26.9 Å². The molecular weight excluding hydrogens is 411 g/mol. The zero-order chi connectivity index (χ0) is 22.6. The molecule has 0 saturated carbocycles. The van der Waals surface area contributed by atoms with E-state index in [0.29, 0.717) is 22.3 Å². The van der Waals surface area contributed by atoms with Gasteiger partial charge in [0.2, 0.25) is 0 Å². The summed E-state index contributed by atoms with van der Waals surface area (Å²) in [5.41, 5.74) is -0.0887. The molecule has 3 aromatic rings. The van der Waals surface area contributed by atoms with Crippen molar-refractivity contribution in [3.63, 3.8) is 0 Å². The number of halogens is 4. The van der Waals surface area contributed by atoms with E-state index in [9.17, 15) is 17.6 Å². The summed E-state index contributed by atoms with van der Waals surface area (Å²) in [6, 6.07) is 11.9. The molecule has 1 fully saturated rings. The van der Waals surface area contributed by atoms with E-state index in [1.807, 2.05) is 27.7 Å². The van der Waals surface area contributed by atoms with Gasteiger partial charge in [-0.25, -0.2) is 9.07 Å². The molecule has 162 valence electrons. The Bertz CT molecular complexity index is 1090. The van der Waals surface area contributed by atoms with Crippen LogP contribution in [-0.2, 0) is 15.5 Å². The minimum atomic E-state index is -4.57. The highest BCUT2D eigenvalue weighted by atomic mass is 19.4. The molecule has 4 nitrogen and oxygen atoms in total. The summed E-state index contributed by atoms with van der Waals surface area (Å²) in [5, 5.41) is 3.73. The molecular formula is C22H21BF4N2O2. The minimum absolute atomic E-state index is 0.385. The predicted octanol–water partition coefficient (Wildman–Crippen LogP) is 5.00. The number of hydrogen-bond acceptors (Lipinski definition) is 3. The highest BCUT2D eigenvalue weighted by Crippen LogP contribution is 2.38. The van der Waals surface area contributed by atoms with Crippen molar-refractivity contribution in [2.75, 3.05) is 0 Å². The Morgan fingerprint density at radius 1 is 0.903 bits per heavy atom. The van der Waals surface area contributed by atoms with Gasteiger partial charge in [0.15, 0.2) is 5.69 Å². The first-order valence-electron chi connectivity index (χ1n) is 9.77. The first-order valence-corrected chi connectivity index (χ1v) is 9.77. The Kier molecular flexibility index (Phi) is 5.02. The van der Waals surface area contributed by atoms with E-state index in [0.717, 1.165) is 10.7 Å². The van der Waals surface area contributed by atoms with Crippen molar-refractivity contribution in [3.05, 3.63) is 66.2 Å². The summed E-state index contributed by atoms with van der Waals surface area (Å²) < 4.78 is 66.5. The van der Waals surface area contributed by atoms with Gasteiger partial charge in [-0.3, -0.25) is 0 Å². The van der Waals surface area contributed by atoms with Crippen molar-refractivity contribution in [1.29, 1.82) is 0 Å². The zero-order valence-corrected chi connectivity index (χ0v) is 17.5. The number of benzene rings is 2. The molecule has 0 bridgehead atoms. The number of aromatic nitrogens is 2. The fraction of sp³-hybridized carbons (Fsp3) is 0.318. The molecule has 0 aliphatic carbocycles. The maximum Gasteiger partial charge on any atom is 0.497 e. The van der Waals surface area contributed by atoms with Crippen LogP contribution < -0.4 is 5.46 Å². The van der Waals surface area contributed by atoms with Gasteiger partial charge >= 0.3 is 13.3 Å². The van der Waals surface area contributed by atoms with Crippen molar-refractivity contribution in [1.82, 2.24) is 9.78 Å². The van der Waals surface area contributed by atoms with Crippen LogP contribution in [0.5, 0.6) is 0 Å². The summed E-state index contributed by atoms with van der Waals surface area (Å²) in [7, 11) is -0.861. The minimum Gasteiger partial charge on any atom is -0.399 e. The monoisotopic (exact) mass is 432 g/mol. The molecule has 1 aromatic heterocycles. The maximum absolute atomic E-state index is 13.5. The van der Waals surface area contributed by atoms with Gasteiger partial charge in [0.25, 0.3) is 0 Å². The average molecular weight is 432 g/mol. The van der Waals surface area contributed by atoms with E-state index in [-0.39, 0.29) is 5.82 Å². The van der Waals surface area contributed by atoms with Gasteiger partial charge in [-0.1, -0.05) is 24.3 Å². The molecule has 2 heterocycles. The van der Waals surface area contributed by atoms with Crippen molar-refractivity contribution in [3.8, 4) is 16.8 Å². The molecule has 2 aromatic carbocycles. The Balaban J connectivity index is 1.91. The maximum atomic E-state index is 13.5. The zero-order valence-electron chi connectivity index (χ0n) is 17.5. The molecule has 0 spiro atoms. The van der Waals surface area contributed by atoms with Gasteiger partial charge in [0.05, 0.1) is 16.9 Å². The molecule has 0 unspecified atom stereocenters. The first-order chi connectivity index (χ1) is 14.4. The van der Waals surface area contributed by atoms with Crippen LogP contribution in [-0.4, -0.2) is 28.1 Å². The van der Waals surface area contributed by atoms with Crippen LogP contribution >= 0.6 is 0 Å². The third-order valence-corrected chi connectivity index (χ3v) is 5.85. The van der Waals surface area contributed by atoms with Crippen molar-refractivity contribution >= 4 is 12.6 Å². The Labute approximate surface area is 177 Å². The smallest absolute Gasteiger partial charge is 0.399 e. The van der Waals surface area contributed by atoms with Crippen LogP contribution in [0.25, 0.3) is 16.8 Å². The number of rotatable bonds is 3. The molecule has 0 N–H and O–H groups in total. The van der Waals surface area contributed by atoms with E-state index in [1.165, 1.54) is 18.3 Å². The van der Waals surface area contributed by atoms with Gasteiger partial charge < -0.3 is 9.31 Å². The highest BCUT2D eigenvalue weighted by Gasteiger charge is 2.53. The predicted molar refractivity (Wildman–Crippen MR) is 110 cm³/mol. The highest BCUT2D eigenvalue weighted by molar-refractivity contribution is 6.65. The molecule has 4 rings (SSSR count). The van der Waals surface area contributed by atoms with Crippen LogP contribution in [0.3, 0.4) is 0 Å². The van der Waals surface area contributed by atoms with Crippen LogP contribution in [0.1, 0.15) is 33.4 Å². The quantitative estimate of drug-likeness (QED) is 0.432. The lowest BCUT2D eigenvalue weighted by atomic mass is 9.73. The number of alkyl halides is 3. The molecule has 9 heteroatoms. The molecule has 0 atom stereocenters. The molecule has 1 saturated heterocycles. The lowest BCUT2D eigenvalue weighted by molar-refractivity contribution is -0.141. The Hall–Kier alpha value is -2.65. The second kappa shape index (κ2) is 7.20. The van der Waals surface area contributed by atoms with E-state index >= 15 is 0 Å². The summed E-state index contributed by atoms with van der Waals surface area (Å²) in [6.07, 6.45) is -3.31. The lowest BCUT2D eigenvalue weighted by Gasteiger charge is -2.32. The average Bonchev–Trinajstić information content (AvgIpc) is 3.24. The third kappa shape index (κ3) is 3.88. The molecule has 0 radical (unpaired) electrons. The van der Waals surface area contributed by atoms with E-state index in [1.54, 1.807) is 30.3 Å². The van der Waals surface area contributed by atoms with Crippen LogP contribution in [0.4, 0.5) is 17.6 Å².